The van der Waals surface area contributed by atoms with Gasteiger partial charge in [-0.15, -0.1) is 47.5 Å². The lowest BCUT2D eigenvalue weighted by Gasteiger charge is -2.04. The standard InChI is InChI=1S/C9H17N3S2.C7H13N3OS.2ClH/c1-12(2)5-9-11-8(7-14-9)6-13-4-3-10;1-10(2)3-6-9-5(4-11)7(8)12-6;;/h7H,3-6,10H2,1-2H3;11H,3-4,8H2,1-2H3;2*1H. The van der Waals surface area contributed by atoms with Crippen LogP contribution in [0.2, 0.25) is 0 Å². The van der Waals surface area contributed by atoms with Crippen LogP contribution in [0.5, 0.6) is 0 Å². The van der Waals surface area contributed by atoms with Gasteiger partial charge in [-0.2, -0.15) is 11.8 Å². The number of nitrogens with zero attached hydrogens (tertiary/aromatic N) is 4. The highest BCUT2D eigenvalue weighted by molar-refractivity contribution is 7.98. The first-order chi connectivity index (χ1) is 12.3. The van der Waals surface area contributed by atoms with Gasteiger partial charge >= 0.3 is 0 Å². The van der Waals surface area contributed by atoms with Crippen LogP contribution in [0.4, 0.5) is 5.00 Å². The van der Waals surface area contributed by atoms with Crippen molar-refractivity contribution in [2.24, 2.45) is 5.73 Å². The molecule has 28 heavy (non-hydrogen) atoms. The first-order valence-corrected chi connectivity index (χ1v) is 11.1. The van der Waals surface area contributed by atoms with E-state index in [-0.39, 0.29) is 31.4 Å². The number of nitrogens with two attached hydrogens (primary N) is 2. The molecule has 12 heteroatoms. The molecule has 0 spiro atoms. The van der Waals surface area contributed by atoms with Crippen molar-refractivity contribution >= 4 is 64.3 Å². The minimum absolute atomic E-state index is 0. The minimum atomic E-state index is -0.0736. The summed E-state index contributed by atoms with van der Waals surface area (Å²) in [6.45, 7) is 2.39. The highest BCUT2D eigenvalue weighted by Gasteiger charge is 2.07. The van der Waals surface area contributed by atoms with Crippen LogP contribution in [-0.2, 0) is 25.4 Å². The third-order valence-corrected chi connectivity index (χ3v) is 5.75. The zero-order valence-electron chi connectivity index (χ0n) is 16.8. The van der Waals surface area contributed by atoms with Crippen LogP contribution >= 0.6 is 59.2 Å². The molecule has 5 N–H and O–H groups in total. The summed E-state index contributed by atoms with van der Waals surface area (Å²) in [6.07, 6.45) is 0. The topological polar surface area (TPSA) is 105 Å². The molecular weight excluding hydrogens is 459 g/mol. The molecule has 0 atom stereocenters. The number of thioether (sulfide) groups is 1. The molecule has 0 aromatic carbocycles. The minimum Gasteiger partial charge on any atom is -0.390 e. The second kappa shape index (κ2) is 16.6. The molecular formula is C16H32Cl2N6OS3. The molecule has 0 aliphatic rings. The largest absolute Gasteiger partial charge is 0.390 e. The number of hydrogen-bond donors (Lipinski definition) is 3. The van der Waals surface area contributed by atoms with Crippen LogP contribution in [-0.4, -0.2) is 65.4 Å². The molecule has 0 aliphatic carbocycles. The lowest BCUT2D eigenvalue weighted by molar-refractivity contribution is 0.277. The monoisotopic (exact) mass is 490 g/mol. The number of aliphatic hydroxyl groups is 1. The molecule has 0 unspecified atom stereocenters. The van der Waals surface area contributed by atoms with Crippen molar-refractivity contribution in [1.82, 2.24) is 19.8 Å². The van der Waals surface area contributed by atoms with Crippen molar-refractivity contribution in [3.8, 4) is 0 Å². The summed E-state index contributed by atoms with van der Waals surface area (Å²) in [5.74, 6) is 2.00. The summed E-state index contributed by atoms with van der Waals surface area (Å²) in [5.41, 5.74) is 12.8. The number of nitrogen functional groups attached to an aromatic ring is 1. The average Bonchev–Trinajstić information content (AvgIpc) is 3.13. The van der Waals surface area contributed by atoms with Crippen LogP contribution in [0.25, 0.3) is 0 Å². The van der Waals surface area contributed by atoms with E-state index in [0.29, 0.717) is 10.7 Å². The number of aliphatic hydroxyl groups excluding tert-OH is 1. The Hall–Kier alpha value is -0.170. The van der Waals surface area contributed by atoms with Crippen LogP contribution in [0.15, 0.2) is 5.38 Å². The summed E-state index contributed by atoms with van der Waals surface area (Å²) in [6, 6.07) is 0. The molecule has 0 radical (unpaired) electrons. The molecule has 0 fully saturated rings. The van der Waals surface area contributed by atoms with Gasteiger partial charge in [-0.05, 0) is 28.2 Å². The third-order valence-electron chi connectivity index (χ3n) is 2.94. The van der Waals surface area contributed by atoms with E-state index in [2.05, 4.69) is 34.3 Å². The van der Waals surface area contributed by atoms with E-state index in [1.165, 1.54) is 22.0 Å². The third kappa shape index (κ3) is 12.4. The predicted molar refractivity (Wildman–Crippen MR) is 129 cm³/mol. The average molecular weight is 492 g/mol. The van der Waals surface area contributed by atoms with Crippen LogP contribution in [0.1, 0.15) is 21.4 Å². The van der Waals surface area contributed by atoms with Crippen molar-refractivity contribution in [1.29, 1.82) is 0 Å². The van der Waals surface area contributed by atoms with E-state index in [1.54, 1.807) is 11.3 Å². The van der Waals surface area contributed by atoms with Crippen molar-refractivity contribution in [3.63, 3.8) is 0 Å². The Morgan fingerprint density at radius 2 is 1.68 bits per heavy atom. The van der Waals surface area contributed by atoms with E-state index in [9.17, 15) is 0 Å². The zero-order valence-corrected chi connectivity index (χ0v) is 20.8. The maximum atomic E-state index is 8.82. The number of rotatable bonds is 9. The van der Waals surface area contributed by atoms with Crippen molar-refractivity contribution in [3.05, 3.63) is 26.8 Å². The van der Waals surface area contributed by atoms with Gasteiger partial charge in [0.2, 0.25) is 0 Å². The Labute approximate surface area is 192 Å². The highest BCUT2D eigenvalue weighted by atomic mass is 35.5. The summed E-state index contributed by atoms with van der Waals surface area (Å²) < 4.78 is 0. The Morgan fingerprint density at radius 3 is 2.18 bits per heavy atom. The number of anilines is 1. The normalized spacial score (nSPS) is 10.3. The molecule has 0 bridgehead atoms. The van der Waals surface area contributed by atoms with Crippen molar-refractivity contribution in [2.45, 2.75) is 25.4 Å². The second-order valence-corrected chi connectivity index (χ2v) is 9.29. The molecule has 2 aromatic heterocycles. The van der Waals surface area contributed by atoms with Gasteiger partial charge in [0.25, 0.3) is 0 Å². The lowest BCUT2D eigenvalue weighted by atomic mass is 10.5. The maximum absolute atomic E-state index is 8.82. The van der Waals surface area contributed by atoms with E-state index in [1.807, 2.05) is 30.8 Å². The van der Waals surface area contributed by atoms with E-state index in [4.69, 9.17) is 16.6 Å². The zero-order chi connectivity index (χ0) is 19.5. The van der Waals surface area contributed by atoms with Gasteiger partial charge in [0.05, 0.1) is 12.3 Å². The number of thiazole rings is 2. The number of aromatic nitrogens is 2. The summed E-state index contributed by atoms with van der Waals surface area (Å²) in [5, 5.41) is 13.7. The fraction of sp³-hybridized carbons (Fsp3) is 0.625. The van der Waals surface area contributed by atoms with Crippen molar-refractivity contribution in [2.75, 3.05) is 46.2 Å². The maximum Gasteiger partial charge on any atom is 0.112 e. The lowest BCUT2D eigenvalue weighted by Crippen LogP contribution is -2.10. The Kier molecular flexibility index (Phi) is 17.8. The van der Waals surface area contributed by atoms with Gasteiger partial charge in [-0.1, -0.05) is 0 Å². The van der Waals surface area contributed by atoms with Gasteiger partial charge in [-0.3, -0.25) is 0 Å². The molecule has 2 aromatic rings. The van der Waals surface area contributed by atoms with Crippen LogP contribution in [0.3, 0.4) is 0 Å². The first-order valence-electron chi connectivity index (χ1n) is 8.21. The molecule has 164 valence electrons. The SMILES string of the molecule is CN(C)Cc1nc(CO)c(N)s1.CN(C)Cc1nc(CSCCN)cs1.Cl.Cl. The Balaban J connectivity index is 0. The summed E-state index contributed by atoms with van der Waals surface area (Å²) in [7, 11) is 8.06. The summed E-state index contributed by atoms with van der Waals surface area (Å²) >= 11 is 5.01. The van der Waals surface area contributed by atoms with E-state index < -0.39 is 0 Å². The number of hydrogen-bond acceptors (Lipinski definition) is 10. The molecule has 7 nitrogen and oxygen atoms in total. The Bertz CT molecular complexity index is 640. The number of halogens is 2. The van der Waals surface area contributed by atoms with Gasteiger partial charge in [0.1, 0.15) is 20.7 Å². The molecule has 0 aliphatic heterocycles. The predicted octanol–water partition coefficient (Wildman–Crippen LogP) is 2.52. The smallest absolute Gasteiger partial charge is 0.112 e. The second-order valence-electron chi connectivity index (χ2n) is 6.13. The fourth-order valence-corrected chi connectivity index (χ4v) is 4.53. The summed E-state index contributed by atoms with van der Waals surface area (Å²) in [4.78, 5) is 12.9. The molecule has 2 rings (SSSR count). The van der Waals surface area contributed by atoms with Gasteiger partial charge in [0, 0.05) is 36.5 Å². The molecule has 0 amide bonds. The van der Waals surface area contributed by atoms with Crippen LogP contribution in [0, 0.1) is 0 Å². The first kappa shape index (κ1) is 30.0. The van der Waals surface area contributed by atoms with Crippen molar-refractivity contribution < 1.29 is 5.11 Å². The fourth-order valence-electron chi connectivity index (χ4n) is 1.88. The van der Waals surface area contributed by atoms with E-state index in [0.717, 1.165) is 36.1 Å². The van der Waals surface area contributed by atoms with Crippen LogP contribution < -0.4 is 11.5 Å². The quantitative estimate of drug-likeness (QED) is 0.460. The highest BCUT2D eigenvalue weighted by Crippen LogP contribution is 2.21. The van der Waals surface area contributed by atoms with Gasteiger partial charge < -0.3 is 26.4 Å². The molecule has 0 saturated carbocycles. The van der Waals surface area contributed by atoms with Gasteiger partial charge in [-0.25, -0.2) is 9.97 Å². The molecule has 2 heterocycles. The molecule has 0 saturated heterocycles. The Morgan fingerprint density at radius 1 is 1.07 bits per heavy atom. The van der Waals surface area contributed by atoms with E-state index >= 15 is 0 Å². The van der Waals surface area contributed by atoms with Gasteiger partial charge in [0.15, 0.2) is 0 Å².